The molecule has 0 spiro atoms. The summed E-state index contributed by atoms with van der Waals surface area (Å²) in [6.07, 6.45) is -0.668. The van der Waals surface area contributed by atoms with Crippen molar-refractivity contribution in [2.24, 2.45) is 0 Å². The van der Waals surface area contributed by atoms with Crippen molar-refractivity contribution in [1.82, 2.24) is 24.6 Å². The molecule has 2 aromatic carbocycles. The molecule has 182 valence electrons. The highest BCUT2D eigenvalue weighted by Gasteiger charge is 2.33. The number of hydrogen-bond acceptors (Lipinski definition) is 7. The van der Waals surface area contributed by atoms with E-state index in [1.54, 1.807) is 15.9 Å². The number of nitrogens with zero attached hydrogens (tertiary/aromatic N) is 5. The number of thioether (sulfide) groups is 1. The Hall–Kier alpha value is -3.53. The molecule has 5 rings (SSSR count). The molecular weight excluding hydrogens is 466 g/mol. The molecule has 1 atom stereocenters. The van der Waals surface area contributed by atoms with Gasteiger partial charge in [0, 0.05) is 26.2 Å². The van der Waals surface area contributed by atoms with E-state index in [9.17, 15) is 9.59 Å². The van der Waals surface area contributed by atoms with Crippen LogP contribution in [-0.2, 0) is 9.59 Å². The van der Waals surface area contributed by atoms with Gasteiger partial charge in [0.25, 0.3) is 5.91 Å². The van der Waals surface area contributed by atoms with Crippen LogP contribution < -0.4 is 9.47 Å². The van der Waals surface area contributed by atoms with Gasteiger partial charge < -0.3 is 19.3 Å². The standard InChI is InChI=1S/C25H27N5O4S/c1-17-7-3-4-8-19(17)30-18(2)26-27-25(30)35-16-23(31)28-11-13-29(14-12-28)24(32)22-15-33-20-9-5-6-10-21(20)34-22/h3-10,22H,11-16H2,1-2H3/t22-/m0/s1. The Balaban J connectivity index is 1.15. The van der Waals surface area contributed by atoms with Gasteiger partial charge in [0.1, 0.15) is 12.4 Å². The minimum atomic E-state index is -0.668. The zero-order valence-corrected chi connectivity index (χ0v) is 20.5. The van der Waals surface area contributed by atoms with Gasteiger partial charge in [-0.2, -0.15) is 0 Å². The second-order valence-electron chi connectivity index (χ2n) is 8.51. The Bertz CT molecular complexity index is 1240. The van der Waals surface area contributed by atoms with Crippen LogP contribution in [0.25, 0.3) is 5.69 Å². The van der Waals surface area contributed by atoms with E-state index in [2.05, 4.69) is 10.2 Å². The molecule has 0 bridgehead atoms. The molecule has 3 aromatic rings. The van der Waals surface area contributed by atoms with Crippen LogP contribution in [0, 0.1) is 13.8 Å². The fourth-order valence-electron chi connectivity index (χ4n) is 4.27. The minimum absolute atomic E-state index is 0.0188. The maximum absolute atomic E-state index is 12.9. The van der Waals surface area contributed by atoms with Crippen molar-refractivity contribution in [3.05, 3.63) is 59.9 Å². The van der Waals surface area contributed by atoms with Gasteiger partial charge in [0.05, 0.1) is 11.4 Å². The number of para-hydroxylation sites is 3. The van der Waals surface area contributed by atoms with E-state index in [0.29, 0.717) is 42.8 Å². The van der Waals surface area contributed by atoms with Gasteiger partial charge in [0.2, 0.25) is 12.0 Å². The average Bonchev–Trinajstić information content (AvgIpc) is 3.26. The van der Waals surface area contributed by atoms with Crippen LogP contribution in [0.5, 0.6) is 11.5 Å². The van der Waals surface area contributed by atoms with Crippen LogP contribution in [0.4, 0.5) is 0 Å². The summed E-state index contributed by atoms with van der Waals surface area (Å²) in [6.45, 7) is 6.04. The number of hydrogen-bond donors (Lipinski definition) is 0. The Morgan fingerprint density at radius 2 is 1.63 bits per heavy atom. The van der Waals surface area contributed by atoms with Crippen molar-refractivity contribution in [3.8, 4) is 17.2 Å². The van der Waals surface area contributed by atoms with Crippen molar-refractivity contribution in [3.63, 3.8) is 0 Å². The molecule has 0 saturated carbocycles. The van der Waals surface area contributed by atoms with E-state index < -0.39 is 6.10 Å². The highest BCUT2D eigenvalue weighted by molar-refractivity contribution is 7.99. The monoisotopic (exact) mass is 493 g/mol. The number of piperazine rings is 1. The van der Waals surface area contributed by atoms with Gasteiger partial charge in [-0.05, 0) is 37.6 Å². The first-order valence-corrected chi connectivity index (χ1v) is 12.6. The molecule has 3 heterocycles. The van der Waals surface area contributed by atoms with Gasteiger partial charge in [-0.1, -0.05) is 42.1 Å². The van der Waals surface area contributed by atoms with Crippen LogP contribution >= 0.6 is 11.8 Å². The molecule has 0 N–H and O–H groups in total. The number of rotatable bonds is 5. The summed E-state index contributed by atoms with van der Waals surface area (Å²) in [5.41, 5.74) is 2.12. The molecular formula is C25H27N5O4S. The molecule has 0 radical (unpaired) electrons. The fraction of sp³-hybridized carbons (Fsp3) is 0.360. The number of benzene rings is 2. The summed E-state index contributed by atoms with van der Waals surface area (Å²) in [4.78, 5) is 29.4. The minimum Gasteiger partial charge on any atom is -0.485 e. The smallest absolute Gasteiger partial charge is 0.267 e. The second-order valence-corrected chi connectivity index (χ2v) is 9.45. The average molecular weight is 494 g/mol. The number of ether oxygens (including phenoxy) is 2. The van der Waals surface area contributed by atoms with E-state index in [-0.39, 0.29) is 24.2 Å². The van der Waals surface area contributed by atoms with E-state index in [0.717, 1.165) is 17.1 Å². The van der Waals surface area contributed by atoms with Crippen molar-refractivity contribution >= 4 is 23.6 Å². The van der Waals surface area contributed by atoms with E-state index in [4.69, 9.17) is 9.47 Å². The fourth-order valence-corrected chi connectivity index (χ4v) is 5.16. The van der Waals surface area contributed by atoms with Gasteiger partial charge >= 0.3 is 0 Å². The maximum atomic E-state index is 12.9. The summed E-state index contributed by atoms with van der Waals surface area (Å²) in [5.74, 6) is 2.18. The first kappa shape index (κ1) is 23.2. The van der Waals surface area contributed by atoms with Gasteiger partial charge in [-0.15, -0.1) is 10.2 Å². The largest absolute Gasteiger partial charge is 0.485 e. The molecule has 9 nitrogen and oxygen atoms in total. The van der Waals surface area contributed by atoms with Gasteiger partial charge in [0.15, 0.2) is 16.7 Å². The van der Waals surface area contributed by atoms with Crippen LogP contribution in [-0.4, -0.2) is 81.0 Å². The van der Waals surface area contributed by atoms with Gasteiger partial charge in [-0.3, -0.25) is 14.2 Å². The SMILES string of the molecule is Cc1ccccc1-n1c(C)nnc1SCC(=O)N1CCN(C(=O)[C@@H]2COc3ccccc3O2)CC1. The predicted octanol–water partition coefficient (Wildman–Crippen LogP) is 2.49. The Morgan fingerprint density at radius 3 is 2.40 bits per heavy atom. The highest BCUT2D eigenvalue weighted by Crippen LogP contribution is 2.31. The van der Waals surface area contributed by atoms with Crippen molar-refractivity contribution in [2.75, 3.05) is 38.5 Å². The molecule has 10 heteroatoms. The number of carbonyl (C=O) groups is 2. The third-order valence-electron chi connectivity index (χ3n) is 6.20. The van der Waals surface area contributed by atoms with E-state index in [1.807, 2.05) is 60.9 Å². The topological polar surface area (TPSA) is 89.8 Å². The molecule has 0 unspecified atom stereocenters. The highest BCUT2D eigenvalue weighted by atomic mass is 32.2. The molecule has 0 aliphatic carbocycles. The first-order valence-electron chi connectivity index (χ1n) is 11.6. The molecule has 2 amide bonds. The lowest BCUT2D eigenvalue weighted by Gasteiger charge is -2.37. The van der Waals surface area contributed by atoms with Crippen LogP contribution in [0.1, 0.15) is 11.4 Å². The van der Waals surface area contributed by atoms with Crippen LogP contribution in [0.15, 0.2) is 53.7 Å². The molecule has 1 fully saturated rings. The lowest BCUT2D eigenvalue weighted by molar-refractivity contribution is -0.145. The number of carbonyl (C=O) groups excluding carboxylic acids is 2. The summed E-state index contributed by atoms with van der Waals surface area (Å²) in [5, 5.41) is 9.18. The summed E-state index contributed by atoms with van der Waals surface area (Å²) >= 11 is 1.38. The second kappa shape index (κ2) is 9.99. The lowest BCUT2D eigenvalue weighted by Crippen LogP contribution is -2.55. The number of fused-ring (bicyclic) bond motifs is 1. The third-order valence-corrected chi connectivity index (χ3v) is 7.12. The molecule has 2 aliphatic rings. The predicted molar refractivity (Wildman–Crippen MR) is 131 cm³/mol. The molecule has 1 saturated heterocycles. The van der Waals surface area contributed by atoms with Gasteiger partial charge in [-0.25, -0.2) is 0 Å². The summed E-state index contributed by atoms with van der Waals surface area (Å²) in [6, 6.07) is 15.4. The molecule has 35 heavy (non-hydrogen) atoms. The Labute approximate surface area is 208 Å². The zero-order valence-electron chi connectivity index (χ0n) is 19.7. The lowest BCUT2D eigenvalue weighted by atomic mass is 10.2. The van der Waals surface area contributed by atoms with Crippen molar-refractivity contribution < 1.29 is 19.1 Å². The maximum Gasteiger partial charge on any atom is 0.267 e. The normalized spacial score (nSPS) is 17.4. The Kier molecular flexibility index (Phi) is 6.63. The quantitative estimate of drug-likeness (QED) is 0.505. The van der Waals surface area contributed by atoms with E-state index >= 15 is 0 Å². The molecule has 1 aromatic heterocycles. The first-order chi connectivity index (χ1) is 17.0. The van der Waals surface area contributed by atoms with Crippen LogP contribution in [0.3, 0.4) is 0 Å². The number of aromatic nitrogens is 3. The van der Waals surface area contributed by atoms with Crippen molar-refractivity contribution in [1.29, 1.82) is 0 Å². The third kappa shape index (κ3) is 4.84. The van der Waals surface area contributed by atoms with Crippen LogP contribution in [0.2, 0.25) is 0 Å². The van der Waals surface area contributed by atoms with E-state index in [1.165, 1.54) is 11.8 Å². The summed E-state index contributed by atoms with van der Waals surface area (Å²) < 4.78 is 13.5. The molecule has 2 aliphatic heterocycles. The van der Waals surface area contributed by atoms with Crippen molar-refractivity contribution in [2.45, 2.75) is 25.1 Å². The zero-order chi connectivity index (χ0) is 24.4. The number of aryl methyl sites for hydroxylation is 2. The Morgan fingerprint density at radius 1 is 0.943 bits per heavy atom. The number of amides is 2. The summed E-state index contributed by atoms with van der Waals surface area (Å²) in [7, 11) is 0.